The first-order chi connectivity index (χ1) is 11.7. The van der Waals surface area contributed by atoms with Gasteiger partial charge < -0.3 is 10.6 Å². The zero-order valence-corrected chi connectivity index (χ0v) is 13.4. The van der Waals surface area contributed by atoms with Gasteiger partial charge in [0.05, 0.1) is 12.2 Å². The molecule has 0 aromatic carbocycles. The van der Waals surface area contributed by atoms with Gasteiger partial charge in [0.2, 0.25) is 0 Å². The highest BCUT2D eigenvalue weighted by molar-refractivity contribution is 5.96. The summed E-state index contributed by atoms with van der Waals surface area (Å²) >= 11 is 0. The summed E-state index contributed by atoms with van der Waals surface area (Å²) in [6.45, 7) is 0.319. The topological polar surface area (TPSA) is 84.0 Å². The fourth-order valence-corrected chi connectivity index (χ4v) is 2.78. The smallest absolute Gasteiger partial charge is 0.270 e. The second-order valence-electron chi connectivity index (χ2n) is 5.87. The van der Waals surface area contributed by atoms with Gasteiger partial charge >= 0.3 is 0 Å². The summed E-state index contributed by atoms with van der Waals surface area (Å²) in [5, 5.41) is 5.73. The Labute approximate surface area is 140 Å². The Morgan fingerprint density at radius 3 is 2.46 bits per heavy atom. The van der Waals surface area contributed by atoms with E-state index in [1.165, 1.54) is 0 Å². The van der Waals surface area contributed by atoms with Gasteiger partial charge in [-0.2, -0.15) is 0 Å². The Morgan fingerprint density at radius 2 is 1.75 bits per heavy atom. The summed E-state index contributed by atoms with van der Waals surface area (Å²) in [5.74, 6) is -0.544. The Balaban J connectivity index is 1.61. The van der Waals surface area contributed by atoms with E-state index < -0.39 is 0 Å². The molecule has 0 spiro atoms. The molecule has 24 heavy (non-hydrogen) atoms. The van der Waals surface area contributed by atoms with Gasteiger partial charge in [0.1, 0.15) is 11.4 Å². The standard InChI is InChI=1S/C18H20N4O2/c23-17(20-12-14-8-3-4-11-19-14)15-9-5-10-16(22-15)18(24)21-13-6-1-2-7-13/h3-5,8-11,13H,1-2,6-7,12H2,(H,20,23)(H,21,24). The first-order valence-electron chi connectivity index (χ1n) is 8.18. The fraction of sp³-hybridized carbons (Fsp3) is 0.333. The summed E-state index contributed by atoms with van der Waals surface area (Å²) in [6, 6.07) is 10.6. The minimum Gasteiger partial charge on any atom is -0.348 e. The van der Waals surface area contributed by atoms with E-state index in [4.69, 9.17) is 0 Å². The van der Waals surface area contributed by atoms with E-state index in [1.807, 2.05) is 18.2 Å². The van der Waals surface area contributed by atoms with E-state index in [0.717, 1.165) is 31.4 Å². The molecule has 0 bridgehead atoms. The number of hydrogen-bond acceptors (Lipinski definition) is 4. The lowest BCUT2D eigenvalue weighted by Gasteiger charge is -2.11. The van der Waals surface area contributed by atoms with Crippen molar-refractivity contribution in [3.8, 4) is 0 Å². The Morgan fingerprint density at radius 1 is 1.00 bits per heavy atom. The van der Waals surface area contributed by atoms with E-state index in [-0.39, 0.29) is 29.2 Å². The molecule has 0 aliphatic heterocycles. The summed E-state index contributed by atoms with van der Waals surface area (Å²) in [4.78, 5) is 32.8. The largest absolute Gasteiger partial charge is 0.348 e. The number of rotatable bonds is 5. The van der Waals surface area contributed by atoms with E-state index in [2.05, 4.69) is 20.6 Å². The maximum atomic E-state index is 12.2. The van der Waals surface area contributed by atoms with Crippen molar-refractivity contribution in [1.82, 2.24) is 20.6 Å². The monoisotopic (exact) mass is 324 g/mol. The summed E-state index contributed by atoms with van der Waals surface area (Å²) in [7, 11) is 0. The predicted molar refractivity (Wildman–Crippen MR) is 89.4 cm³/mol. The van der Waals surface area contributed by atoms with Crippen molar-refractivity contribution < 1.29 is 9.59 Å². The van der Waals surface area contributed by atoms with Crippen molar-refractivity contribution >= 4 is 11.8 Å². The summed E-state index contributed by atoms with van der Waals surface area (Å²) in [6.07, 6.45) is 5.99. The Hall–Kier alpha value is -2.76. The molecule has 0 saturated heterocycles. The van der Waals surface area contributed by atoms with Gasteiger partial charge in [0.15, 0.2) is 0 Å². The van der Waals surface area contributed by atoms with Crippen LogP contribution in [-0.2, 0) is 6.54 Å². The van der Waals surface area contributed by atoms with Crippen LogP contribution in [0.5, 0.6) is 0 Å². The number of pyridine rings is 2. The highest BCUT2D eigenvalue weighted by Gasteiger charge is 2.19. The van der Waals surface area contributed by atoms with Crippen LogP contribution in [0.4, 0.5) is 0 Å². The van der Waals surface area contributed by atoms with E-state index in [0.29, 0.717) is 6.54 Å². The molecule has 1 fully saturated rings. The molecule has 1 aliphatic carbocycles. The number of carbonyl (C=O) groups excluding carboxylic acids is 2. The third-order valence-electron chi connectivity index (χ3n) is 4.06. The maximum absolute atomic E-state index is 12.2. The highest BCUT2D eigenvalue weighted by Crippen LogP contribution is 2.18. The van der Waals surface area contributed by atoms with Crippen LogP contribution >= 0.6 is 0 Å². The van der Waals surface area contributed by atoms with Crippen molar-refractivity contribution in [1.29, 1.82) is 0 Å². The van der Waals surface area contributed by atoms with E-state index in [1.54, 1.807) is 24.4 Å². The molecule has 6 nitrogen and oxygen atoms in total. The van der Waals surface area contributed by atoms with Crippen molar-refractivity contribution in [2.24, 2.45) is 0 Å². The third-order valence-corrected chi connectivity index (χ3v) is 4.06. The lowest BCUT2D eigenvalue weighted by Crippen LogP contribution is -2.33. The van der Waals surface area contributed by atoms with Crippen molar-refractivity contribution in [3.05, 3.63) is 59.7 Å². The maximum Gasteiger partial charge on any atom is 0.270 e. The van der Waals surface area contributed by atoms with Crippen molar-refractivity contribution in [2.45, 2.75) is 38.3 Å². The van der Waals surface area contributed by atoms with Gasteiger partial charge in [-0.25, -0.2) is 4.98 Å². The molecular weight excluding hydrogens is 304 g/mol. The molecule has 0 atom stereocenters. The molecule has 6 heteroatoms. The molecule has 124 valence electrons. The average molecular weight is 324 g/mol. The molecule has 0 radical (unpaired) electrons. The molecule has 2 heterocycles. The van der Waals surface area contributed by atoms with Crippen LogP contribution < -0.4 is 10.6 Å². The second-order valence-corrected chi connectivity index (χ2v) is 5.87. The minimum absolute atomic E-state index is 0.221. The molecule has 3 rings (SSSR count). The number of hydrogen-bond donors (Lipinski definition) is 2. The zero-order chi connectivity index (χ0) is 16.8. The van der Waals surface area contributed by atoms with Crippen LogP contribution in [0.2, 0.25) is 0 Å². The van der Waals surface area contributed by atoms with Gasteiger partial charge in [0.25, 0.3) is 11.8 Å². The van der Waals surface area contributed by atoms with Crippen LogP contribution in [0.25, 0.3) is 0 Å². The SMILES string of the molecule is O=C(NCc1ccccn1)c1cccc(C(=O)NC2CCCC2)n1. The second kappa shape index (κ2) is 7.68. The van der Waals surface area contributed by atoms with Crippen LogP contribution in [0, 0.1) is 0 Å². The van der Waals surface area contributed by atoms with Crippen LogP contribution in [0.3, 0.4) is 0 Å². The first-order valence-corrected chi connectivity index (χ1v) is 8.18. The average Bonchev–Trinajstić information content (AvgIpc) is 3.13. The van der Waals surface area contributed by atoms with Crippen LogP contribution in [0.1, 0.15) is 52.4 Å². The molecule has 2 amide bonds. The van der Waals surface area contributed by atoms with Gasteiger partial charge in [-0.3, -0.25) is 14.6 Å². The van der Waals surface area contributed by atoms with E-state index in [9.17, 15) is 9.59 Å². The van der Waals surface area contributed by atoms with Gasteiger partial charge in [-0.1, -0.05) is 25.0 Å². The number of nitrogens with zero attached hydrogens (tertiary/aromatic N) is 2. The number of aromatic nitrogens is 2. The highest BCUT2D eigenvalue weighted by atomic mass is 16.2. The lowest BCUT2D eigenvalue weighted by molar-refractivity contribution is 0.0931. The molecule has 2 aromatic heterocycles. The summed E-state index contributed by atoms with van der Waals surface area (Å²) in [5.41, 5.74) is 1.26. The molecule has 1 aliphatic rings. The van der Waals surface area contributed by atoms with Crippen LogP contribution in [0.15, 0.2) is 42.6 Å². The van der Waals surface area contributed by atoms with Gasteiger partial charge in [-0.15, -0.1) is 0 Å². The number of carbonyl (C=O) groups is 2. The number of amides is 2. The fourth-order valence-electron chi connectivity index (χ4n) is 2.78. The van der Waals surface area contributed by atoms with E-state index >= 15 is 0 Å². The molecule has 2 N–H and O–H groups in total. The predicted octanol–water partition coefficient (Wildman–Crippen LogP) is 2.08. The Kier molecular flexibility index (Phi) is 5.15. The van der Waals surface area contributed by atoms with Gasteiger partial charge in [-0.05, 0) is 37.1 Å². The molecule has 1 saturated carbocycles. The molecule has 0 unspecified atom stereocenters. The van der Waals surface area contributed by atoms with Crippen molar-refractivity contribution in [3.63, 3.8) is 0 Å². The first kappa shape index (κ1) is 16.1. The Bertz CT molecular complexity index is 712. The summed E-state index contributed by atoms with van der Waals surface area (Å²) < 4.78 is 0. The minimum atomic E-state index is -0.323. The normalized spacial score (nSPS) is 14.3. The molecule has 2 aromatic rings. The molecular formula is C18H20N4O2. The zero-order valence-electron chi connectivity index (χ0n) is 13.4. The number of nitrogens with one attached hydrogen (secondary N) is 2. The quantitative estimate of drug-likeness (QED) is 0.882. The van der Waals surface area contributed by atoms with Crippen molar-refractivity contribution in [2.75, 3.05) is 0 Å². The third kappa shape index (κ3) is 4.16. The van der Waals surface area contributed by atoms with Gasteiger partial charge in [0, 0.05) is 12.2 Å². The lowest BCUT2D eigenvalue weighted by atomic mass is 10.2. The van der Waals surface area contributed by atoms with Crippen LogP contribution in [-0.4, -0.2) is 27.8 Å².